The fourth-order valence-corrected chi connectivity index (χ4v) is 4.28. The molecule has 42 heavy (non-hydrogen) atoms. The van der Waals surface area contributed by atoms with Crippen molar-refractivity contribution in [2.45, 2.75) is 56.5 Å². The number of benzene rings is 2. The molecule has 0 saturated heterocycles. The second-order valence-corrected chi connectivity index (χ2v) is 9.83. The number of hydrogen-bond donors (Lipinski definition) is 9. The van der Waals surface area contributed by atoms with E-state index in [1.165, 1.54) is 24.3 Å². The summed E-state index contributed by atoms with van der Waals surface area (Å²) in [6.07, 6.45) is -0.731. The van der Waals surface area contributed by atoms with Crippen molar-refractivity contribution < 1.29 is 44.4 Å². The zero-order valence-corrected chi connectivity index (χ0v) is 22.6. The first-order valence-electron chi connectivity index (χ1n) is 13.0. The fourth-order valence-electron chi connectivity index (χ4n) is 4.28. The number of carbonyl (C=O) groups excluding carboxylic acids is 3. The molecule has 2 aromatic carbocycles. The van der Waals surface area contributed by atoms with Crippen LogP contribution < -0.4 is 21.7 Å². The Labute approximate surface area is 239 Å². The van der Waals surface area contributed by atoms with Gasteiger partial charge in [0.15, 0.2) is 6.04 Å². The summed E-state index contributed by atoms with van der Waals surface area (Å²) in [4.78, 5) is 65.3. The number of aromatic amines is 1. The molecular formula is C28H33N5O9. The van der Waals surface area contributed by atoms with Crippen LogP contribution >= 0.6 is 0 Å². The van der Waals surface area contributed by atoms with Crippen LogP contribution in [-0.2, 0) is 36.8 Å². The molecule has 0 saturated carbocycles. The molecule has 0 fully saturated rings. The number of aliphatic carboxylic acids is 2. The van der Waals surface area contributed by atoms with Crippen molar-refractivity contribution in [3.8, 4) is 5.75 Å². The number of carbonyl (C=O) groups is 5. The van der Waals surface area contributed by atoms with Gasteiger partial charge in [-0.25, -0.2) is 4.79 Å². The number of carboxylic acid groups (broad SMARTS) is 2. The molecule has 1 aromatic heterocycles. The highest BCUT2D eigenvalue weighted by Gasteiger charge is 2.33. The van der Waals surface area contributed by atoms with Gasteiger partial charge >= 0.3 is 11.9 Å². The van der Waals surface area contributed by atoms with E-state index in [9.17, 15) is 44.4 Å². The van der Waals surface area contributed by atoms with Crippen LogP contribution in [0.2, 0.25) is 0 Å². The quantitative estimate of drug-likeness (QED) is 0.116. The molecular weight excluding hydrogens is 550 g/mol. The van der Waals surface area contributed by atoms with Gasteiger partial charge in [0.05, 0.1) is 18.6 Å². The van der Waals surface area contributed by atoms with Gasteiger partial charge in [0.2, 0.25) is 17.7 Å². The van der Waals surface area contributed by atoms with E-state index in [1.807, 2.05) is 24.3 Å². The number of phenolic OH excluding ortho intramolecular Hbond substituents is 1. The topological polar surface area (TPSA) is 244 Å². The first-order valence-corrected chi connectivity index (χ1v) is 13.0. The van der Waals surface area contributed by atoms with Gasteiger partial charge in [-0.15, -0.1) is 0 Å². The van der Waals surface area contributed by atoms with Gasteiger partial charge < -0.3 is 47.1 Å². The number of fused-ring (bicyclic) bond motifs is 1. The molecule has 5 unspecified atom stereocenters. The zero-order valence-electron chi connectivity index (χ0n) is 22.6. The number of carboxylic acids is 2. The van der Waals surface area contributed by atoms with Crippen molar-refractivity contribution in [3.63, 3.8) is 0 Å². The van der Waals surface area contributed by atoms with E-state index >= 15 is 0 Å². The third-order valence-corrected chi connectivity index (χ3v) is 6.52. The van der Waals surface area contributed by atoms with Crippen LogP contribution in [0.15, 0.2) is 54.7 Å². The van der Waals surface area contributed by atoms with Gasteiger partial charge in [-0.05, 0) is 42.7 Å². The summed E-state index contributed by atoms with van der Waals surface area (Å²) in [6.45, 7) is 1.16. The Morgan fingerprint density at radius 3 is 2.10 bits per heavy atom. The summed E-state index contributed by atoms with van der Waals surface area (Å²) in [7, 11) is 0. The Morgan fingerprint density at radius 1 is 0.857 bits per heavy atom. The third-order valence-electron chi connectivity index (χ3n) is 6.52. The van der Waals surface area contributed by atoms with Crippen LogP contribution in [0.4, 0.5) is 0 Å². The molecule has 0 spiro atoms. The second-order valence-electron chi connectivity index (χ2n) is 9.83. The van der Waals surface area contributed by atoms with Crippen LogP contribution in [0.5, 0.6) is 5.75 Å². The maximum absolute atomic E-state index is 13.2. The Hall–Kier alpha value is -4.95. The number of nitrogens with two attached hydrogens (primary N) is 1. The number of aliphatic hydroxyl groups excluding tert-OH is 1. The SMILES string of the molecule is CC(O)C(NC(=O)C(Cc1ccc(O)cc1)NC(=O)C(CC(=O)O)NC(=O)C(N)Cc1c[nH]c2ccccc12)C(=O)O. The molecule has 1 heterocycles. The van der Waals surface area contributed by atoms with E-state index in [1.54, 1.807) is 6.20 Å². The molecule has 0 bridgehead atoms. The van der Waals surface area contributed by atoms with Crippen molar-refractivity contribution in [1.29, 1.82) is 0 Å². The van der Waals surface area contributed by atoms with Crippen molar-refractivity contribution in [3.05, 3.63) is 65.9 Å². The van der Waals surface area contributed by atoms with Gasteiger partial charge in [0.25, 0.3) is 0 Å². The maximum atomic E-state index is 13.2. The zero-order chi connectivity index (χ0) is 31.0. The van der Waals surface area contributed by atoms with Crippen molar-refractivity contribution in [2.24, 2.45) is 5.73 Å². The normalized spacial score (nSPS) is 14.6. The van der Waals surface area contributed by atoms with Crippen molar-refractivity contribution in [2.75, 3.05) is 0 Å². The molecule has 14 nitrogen and oxygen atoms in total. The minimum absolute atomic E-state index is 0.0583. The molecule has 0 aliphatic rings. The molecule has 0 radical (unpaired) electrons. The van der Waals surface area contributed by atoms with Crippen molar-refractivity contribution >= 4 is 40.6 Å². The lowest BCUT2D eigenvalue weighted by Gasteiger charge is -2.25. The number of aromatic nitrogens is 1. The number of aromatic hydroxyl groups is 1. The highest BCUT2D eigenvalue weighted by Crippen LogP contribution is 2.19. The molecule has 3 amide bonds. The second kappa shape index (κ2) is 14.1. The number of rotatable bonds is 14. The summed E-state index contributed by atoms with van der Waals surface area (Å²) in [5.41, 5.74) is 8.12. The van der Waals surface area contributed by atoms with Crippen molar-refractivity contribution in [1.82, 2.24) is 20.9 Å². The molecule has 0 aliphatic carbocycles. The fraction of sp³-hybridized carbons (Fsp3) is 0.321. The number of nitrogens with one attached hydrogen (secondary N) is 4. The number of hydrogen-bond acceptors (Lipinski definition) is 8. The molecule has 5 atom stereocenters. The van der Waals surface area contributed by atoms with E-state index in [2.05, 4.69) is 20.9 Å². The van der Waals surface area contributed by atoms with E-state index in [4.69, 9.17) is 5.73 Å². The average Bonchev–Trinajstić information content (AvgIpc) is 3.33. The molecule has 0 aliphatic heterocycles. The number of phenols is 1. The number of para-hydroxylation sites is 1. The largest absolute Gasteiger partial charge is 0.508 e. The monoisotopic (exact) mass is 583 g/mol. The standard InChI is InChI=1S/C28H33N5O9/c1-14(34)24(28(41)42)33-27(40)21(10-15-6-8-17(35)9-7-15)32-26(39)22(12-23(36)37)31-25(38)19(29)11-16-13-30-20-5-3-2-4-18(16)20/h2-9,13-14,19,21-22,24,30,34-35H,10-12,29H2,1H3,(H,31,38)(H,32,39)(H,33,40)(H,36,37)(H,41,42). The Bertz CT molecular complexity index is 1440. The number of H-pyrrole nitrogens is 1. The predicted molar refractivity (Wildman–Crippen MR) is 149 cm³/mol. The Balaban J connectivity index is 1.77. The third kappa shape index (κ3) is 8.52. The highest BCUT2D eigenvalue weighted by atomic mass is 16.4. The maximum Gasteiger partial charge on any atom is 0.328 e. The Morgan fingerprint density at radius 2 is 1.48 bits per heavy atom. The smallest absolute Gasteiger partial charge is 0.328 e. The molecule has 3 rings (SSSR count). The van der Waals surface area contributed by atoms with Crippen LogP contribution in [0.3, 0.4) is 0 Å². The number of aliphatic hydroxyl groups is 1. The van der Waals surface area contributed by atoms with Gasteiger partial charge in [-0.1, -0.05) is 30.3 Å². The minimum atomic E-state index is -1.70. The summed E-state index contributed by atoms with van der Waals surface area (Å²) < 4.78 is 0. The molecule has 3 aromatic rings. The lowest BCUT2D eigenvalue weighted by Crippen LogP contribution is -2.59. The Kier molecular flexibility index (Phi) is 10.6. The van der Waals surface area contributed by atoms with Gasteiger partial charge in [-0.3, -0.25) is 19.2 Å². The van der Waals surface area contributed by atoms with Crippen LogP contribution in [0.25, 0.3) is 10.9 Å². The van der Waals surface area contributed by atoms with E-state index in [0.717, 1.165) is 23.4 Å². The van der Waals surface area contributed by atoms with E-state index < -0.39 is 66.4 Å². The molecule has 224 valence electrons. The summed E-state index contributed by atoms with van der Waals surface area (Å²) in [5, 5.41) is 45.8. The number of amides is 3. The highest BCUT2D eigenvalue weighted by molar-refractivity contribution is 5.96. The minimum Gasteiger partial charge on any atom is -0.508 e. The van der Waals surface area contributed by atoms with Gasteiger partial charge in [0, 0.05) is 23.5 Å². The lowest BCUT2D eigenvalue weighted by atomic mass is 10.0. The first kappa shape index (κ1) is 31.6. The van der Waals surface area contributed by atoms with Gasteiger partial charge in [-0.2, -0.15) is 0 Å². The summed E-state index contributed by atoms with van der Waals surface area (Å²) >= 11 is 0. The van der Waals surface area contributed by atoms with Crippen LogP contribution in [-0.4, -0.2) is 85.3 Å². The van der Waals surface area contributed by atoms with Crippen LogP contribution in [0.1, 0.15) is 24.5 Å². The lowest BCUT2D eigenvalue weighted by molar-refractivity contribution is -0.145. The van der Waals surface area contributed by atoms with E-state index in [0.29, 0.717) is 5.56 Å². The first-order chi connectivity index (χ1) is 19.8. The molecule has 14 heteroatoms. The predicted octanol–water partition coefficient (Wildman–Crippen LogP) is -0.619. The van der Waals surface area contributed by atoms with Crippen LogP contribution in [0, 0.1) is 0 Å². The summed E-state index contributed by atoms with van der Waals surface area (Å²) in [6, 6.07) is 7.03. The molecule has 10 N–H and O–H groups in total. The van der Waals surface area contributed by atoms with Gasteiger partial charge in [0.1, 0.15) is 17.8 Å². The average molecular weight is 584 g/mol. The van der Waals surface area contributed by atoms with E-state index in [-0.39, 0.29) is 18.6 Å². The summed E-state index contributed by atoms with van der Waals surface area (Å²) in [5.74, 6) is -5.82.